The van der Waals surface area contributed by atoms with Gasteiger partial charge in [0, 0.05) is 4.88 Å². The molecule has 100 valence electrons. The summed E-state index contributed by atoms with van der Waals surface area (Å²) >= 11 is 1.25. The van der Waals surface area contributed by atoms with Gasteiger partial charge in [-0.1, -0.05) is 6.92 Å². The first kappa shape index (κ1) is 13.4. The van der Waals surface area contributed by atoms with Crippen molar-refractivity contribution in [2.75, 3.05) is 11.0 Å². The summed E-state index contributed by atoms with van der Waals surface area (Å²) in [4.78, 5) is 12.3. The Hall–Kier alpha value is -1.08. The Kier molecular flexibility index (Phi) is 3.37. The minimum absolute atomic E-state index is 0.132. The minimum atomic E-state index is -3.45. The molecule has 2 N–H and O–H groups in total. The molecule has 5 nitrogen and oxygen atoms in total. The molecule has 1 aliphatic rings. The first-order valence-electron chi connectivity index (χ1n) is 5.63. The highest BCUT2D eigenvalue weighted by Crippen LogP contribution is 2.39. The van der Waals surface area contributed by atoms with Crippen LogP contribution in [0.15, 0.2) is 0 Å². The molecule has 0 radical (unpaired) electrons. The number of anilines is 1. The first-order chi connectivity index (χ1) is 8.28. The van der Waals surface area contributed by atoms with Crippen LogP contribution >= 0.6 is 11.3 Å². The zero-order valence-electron chi connectivity index (χ0n) is 10.2. The molecule has 1 unspecified atom stereocenters. The number of nitrogens with one attached hydrogen (secondary N) is 1. The summed E-state index contributed by atoms with van der Waals surface area (Å²) in [6, 6.07) is 0. The number of carbonyl (C=O) groups is 1. The van der Waals surface area contributed by atoms with Crippen LogP contribution in [0.3, 0.4) is 0 Å². The standard InChI is InChI=1S/C11H15NO4S2/c1-6-3-4-7-8(5-6)17-10(9(7)11(13)14)12-18(2,15)16/h6,12H,3-5H2,1-2H3,(H,13,14). The van der Waals surface area contributed by atoms with Crippen LogP contribution in [0.4, 0.5) is 5.00 Å². The smallest absolute Gasteiger partial charge is 0.339 e. The van der Waals surface area contributed by atoms with Gasteiger partial charge in [-0.2, -0.15) is 0 Å². The zero-order chi connectivity index (χ0) is 13.5. The van der Waals surface area contributed by atoms with Crippen molar-refractivity contribution in [3.8, 4) is 0 Å². The molecule has 2 rings (SSSR count). The van der Waals surface area contributed by atoms with Gasteiger partial charge in [-0.05, 0) is 30.7 Å². The lowest BCUT2D eigenvalue weighted by Gasteiger charge is -2.17. The van der Waals surface area contributed by atoms with Gasteiger partial charge in [0.25, 0.3) is 0 Å². The SMILES string of the molecule is CC1CCc2c(sc(NS(C)(=O)=O)c2C(=O)O)C1. The summed E-state index contributed by atoms with van der Waals surface area (Å²) in [5.41, 5.74) is 0.934. The molecule has 1 aromatic heterocycles. The Morgan fingerprint density at radius 3 is 2.72 bits per heavy atom. The molecule has 18 heavy (non-hydrogen) atoms. The summed E-state index contributed by atoms with van der Waals surface area (Å²) in [7, 11) is -3.45. The number of carboxylic acid groups (broad SMARTS) is 1. The van der Waals surface area contributed by atoms with Gasteiger partial charge in [-0.25, -0.2) is 13.2 Å². The van der Waals surface area contributed by atoms with Gasteiger partial charge in [0.1, 0.15) is 5.00 Å². The van der Waals surface area contributed by atoms with Crippen LogP contribution in [-0.2, 0) is 22.9 Å². The van der Waals surface area contributed by atoms with Crippen molar-refractivity contribution in [2.24, 2.45) is 5.92 Å². The van der Waals surface area contributed by atoms with E-state index in [1.807, 2.05) is 0 Å². The molecule has 1 aromatic rings. The molecule has 0 fully saturated rings. The normalized spacial score (nSPS) is 19.3. The predicted molar refractivity (Wildman–Crippen MR) is 70.9 cm³/mol. The van der Waals surface area contributed by atoms with Crippen molar-refractivity contribution in [3.63, 3.8) is 0 Å². The van der Waals surface area contributed by atoms with E-state index < -0.39 is 16.0 Å². The quantitative estimate of drug-likeness (QED) is 0.890. The molecule has 0 bridgehead atoms. The van der Waals surface area contributed by atoms with Crippen LogP contribution in [0, 0.1) is 5.92 Å². The van der Waals surface area contributed by atoms with Crippen LogP contribution < -0.4 is 4.72 Å². The Morgan fingerprint density at radius 1 is 1.50 bits per heavy atom. The van der Waals surface area contributed by atoms with Crippen molar-refractivity contribution in [2.45, 2.75) is 26.2 Å². The summed E-state index contributed by atoms with van der Waals surface area (Å²) in [5, 5.41) is 9.49. The number of hydrogen-bond acceptors (Lipinski definition) is 4. The maximum atomic E-state index is 11.3. The molecule has 0 saturated carbocycles. The molecule has 1 aliphatic carbocycles. The first-order valence-corrected chi connectivity index (χ1v) is 8.34. The fourth-order valence-electron chi connectivity index (χ4n) is 2.22. The van der Waals surface area contributed by atoms with Gasteiger partial charge in [0.15, 0.2) is 0 Å². The number of fused-ring (bicyclic) bond motifs is 1. The third-order valence-corrected chi connectivity index (χ3v) is 4.88. The fraction of sp³-hybridized carbons (Fsp3) is 0.545. The minimum Gasteiger partial charge on any atom is -0.478 e. The van der Waals surface area contributed by atoms with Crippen LogP contribution in [0.25, 0.3) is 0 Å². The zero-order valence-corrected chi connectivity index (χ0v) is 11.8. The van der Waals surface area contributed by atoms with Gasteiger partial charge in [-0.15, -0.1) is 11.3 Å². The molecule has 0 saturated heterocycles. The number of rotatable bonds is 3. The molecule has 0 aliphatic heterocycles. The maximum Gasteiger partial charge on any atom is 0.339 e. The number of sulfonamides is 1. The van der Waals surface area contributed by atoms with E-state index in [9.17, 15) is 18.3 Å². The lowest BCUT2D eigenvalue weighted by molar-refractivity contribution is 0.0697. The highest BCUT2D eigenvalue weighted by molar-refractivity contribution is 7.92. The molecule has 0 aromatic carbocycles. The Morgan fingerprint density at radius 2 is 2.17 bits per heavy atom. The lowest BCUT2D eigenvalue weighted by atomic mass is 9.88. The second kappa shape index (κ2) is 4.55. The highest BCUT2D eigenvalue weighted by atomic mass is 32.2. The van der Waals surface area contributed by atoms with Crippen LogP contribution in [0.1, 0.15) is 34.1 Å². The van der Waals surface area contributed by atoms with Crippen molar-refractivity contribution in [1.82, 2.24) is 0 Å². The Balaban J connectivity index is 2.50. The monoisotopic (exact) mass is 289 g/mol. The Labute approximate surface area is 110 Å². The fourth-order valence-corrected chi connectivity index (χ4v) is 4.53. The van der Waals surface area contributed by atoms with E-state index in [4.69, 9.17) is 0 Å². The molecular weight excluding hydrogens is 274 g/mol. The maximum absolute atomic E-state index is 11.3. The Bertz CT molecular complexity index is 588. The topological polar surface area (TPSA) is 83.5 Å². The average molecular weight is 289 g/mol. The van der Waals surface area contributed by atoms with Gasteiger partial charge in [-0.3, -0.25) is 4.72 Å². The van der Waals surface area contributed by atoms with Crippen LogP contribution in [0.5, 0.6) is 0 Å². The second-order valence-electron chi connectivity index (χ2n) is 4.74. The molecule has 1 atom stereocenters. The van der Waals surface area contributed by atoms with E-state index in [1.54, 1.807) is 0 Å². The molecule has 0 amide bonds. The lowest BCUT2D eigenvalue weighted by Crippen LogP contribution is -2.14. The van der Waals surface area contributed by atoms with E-state index in [2.05, 4.69) is 11.6 Å². The molecule has 0 spiro atoms. The molecular formula is C11H15NO4S2. The van der Waals surface area contributed by atoms with Gasteiger partial charge in [0.2, 0.25) is 10.0 Å². The molecule has 1 heterocycles. The van der Waals surface area contributed by atoms with E-state index in [-0.39, 0.29) is 10.6 Å². The molecule has 7 heteroatoms. The third-order valence-electron chi connectivity index (χ3n) is 3.00. The van der Waals surface area contributed by atoms with Gasteiger partial charge in [0.05, 0.1) is 11.8 Å². The summed E-state index contributed by atoms with van der Waals surface area (Å²) in [6.45, 7) is 2.12. The van der Waals surface area contributed by atoms with E-state index in [0.29, 0.717) is 12.3 Å². The summed E-state index contributed by atoms with van der Waals surface area (Å²) < 4.78 is 24.8. The third kappa shape index (κ3) is 2.67. The van der Waals surface area contributed by atoms with Gasteiger partial charge >= 0.3 is 5.97 Å². The van der Waals surface area contributed by atoms with Crippen molar-refractivity contribution >= 4 is 32.3 Å². The second-order valence-corrected chi connectivity index (χ2v) is 7.59. The summed E-state index contributed by atoms with van der Waals surface area (Å²) in [5.74, 6) is -0.544. The number of aromatic carboxylic acids is 1. The predicted octanol–water partition coefficient (Wildman–Crippen LogP) is 1.94. The highest BCUT2D eigenvalue weighted by Gasteiger charge is 2.28. The number of carboxylic acids is 1. The van der Waals surface area contributed by atoms with Crippen molar-refractivity contribution in [3.05, 3.63) is 16.0 Å². The largest absolute Gasteiger partial charge is 0.478 e. The number of hydrogen-bond donors (Lipinski definition) is 2. The van der Waals surface area contributed by atoms with Crippen molar-refractivity contribution in [1.29, 1.82) is 0 Å². The van der Waals surface area contributed by atoms with Crippen molar-refractivity contribution < 1.29 is 18.3 Å². The number of thiophene rings is 1. The summed E-state index contributed by atoms with van der Waals surface area (Å²) in [6.07, 6.45) is 3.51. The van der Waals surface area contributed by atoms with E-state index in [1.165, 1.54) is 11.3 Å². The average Bonchev–Trinajstić information content (AvgIpc) is 2.51. The van der Waals surface area contributed by atoms with Gasteiger partial charge < -0.3 is 5.11 Å². The van der Waals surface area contributed by atoms with E-state index in [0.717, 1.165) is 29.5 Å². The van der Waals surface area contributed by atoms with Crippen LogP contribution in [0.2, 0.25) is 0 Å². The van der Waals surface area contributed by atoms with Crippen LogP contribution in [-0.4, -0.2) is 25.7 Å². The van der Waals surface area contributed by atoms with E-state index >= 15 is 0 Å².